The van der Waals surface area contributed by atoms with Crippen LogP contribution in [0.4, 0.5) is 0 Å². The van der Waals surface area contributed by atoms with Crippen LogP contribution in [-0.2, 0) is 16.4 Å². The third-order valence-corrected chi connectivity index (χ3v) is 3.06. The lowest BCUT2D eigenvalue weighted by atomic mass is 10.1. The molecule has 1 aromatic carbocycles. The van der Waals surface area contributed by atoms with Crippen LogP contribution in [0.25, 0.3) is 0 Å². The molecule has 5 heteroatoms. The lowest BCUT2D eigenvalue weighted by Gasteiger charge is -2.02. The minimum atomic E-state index is -3.35. The van der Waals surface area contributed by atoms with E-state index in [1.807, 2.05) is 18.2 Å². The second-order valence-corrected chi connectivity index (χ2v) is 5.20. The van der Waals surface area contributed by atoms with E-state index in [0.29, 0.717) is 17.9 Å². The van der Waals surface area contributed by atoms with Crippen molar-refractivity contribution in [3.63, 3.8) is 0 Å². The van der Waals surface area contributed by atoms with Gasteiger partial charge in [-0.3, -0.25) is 0 Å². The molecule has 0 aliphatic rings. The second kappa shape index (κ2) is 4.77. The van der Waals surface area contributed by atoms with Gasteiger partial charge in [-0.2, -0.15) is 0 Å². The van der Waals surface area contributed by atoms with E-state index in [2.05, 4.69) is 0 Å². The fourth-order valence-corrected chi connectivity index (χ4v) is 1.94. The monoisotopic (exact) mass is 233 g/mol. The number of nitrogens with two attached hydrogens (primary N) is 1. The molecule has 0 saturated carbocycles. The largest absolute Gasteiger partial charge is 0.229 e. The van der Waals surface area contributed by atoms with Crippen LogP contribution in [0.1, 0.15) is 12.0 Å². The molecule has 0 saturated heterocycles. The Balaban J connectivity index is 2.51. The number of benzene rings is 1. The van der Waals surface area contributed by atoms with E-state index in [4.69, 9.17) is 16.7 Å². The Morgan fingerprint density at radius 1 is 1.29 bits per heavy atom. The highest BCUT2D eigenvalue weighted by molar-refractivity contribution is 7.89. The summed E-state index contributed by atoms with van der Waals surface area (Å²) in [6.07, 6.45) is 1.14. The van der Waals surface area contributed by atoms with E-state index in [-0.39, 0.29) is 5.75 Å². The summed E-state index contributed by atoms with van der Waals surface area (Å²) < 4.78 is 21.3. The van der Waals surface area contributed by atoms with E-state index < -0.39 is 10.0 Å². The standard InChI is InChI=1S/C9H12ClNO2S/c10-9-6-2-1-4-8(9)5-3-7-14(11,12)13/h1-2,4,6H,3,5,7H2,(H2,11,12,13). The van der Waals surface area contributed by atoms with Gasteiger partial charge in [0.15, 0.2) is 0 Å². The Morgan fingerprint density at radius 3 is 2.50 bits per heavy atom. The molecule has 0 unspecified atom stereocenters. The van der Waals surface area contributed by atoms with E-state index >= 15 is 0 Å². The Labute approximate surface area is 88.9 Å². The summed E-state index contributed by atoms with van der Waals surface area (Å²) in [4.78, 5) is 0. The zero-order chi connectivity index (χ0) is 10.6. The molecule has 3 nitrogen and oxygen atoms in total. The first kappa shape index (κ1) is 11.5. The van der Waals surface area contributed by atoms with Crippen LogP contribution in [0.15, 0.2) is 24.3 Å². The van der Waals surface area contributed by atoms with Crippen LogP contribution < -0.4 is 5.14 Å². The molecule has 0 atom stereocenters. The molecule has 0 heterocycles. The van der Waals surface area contributed by atoms with Gasteiger partial charge in [0.05, 0.1) is 5.75 Å². The lowest BCUT2D eigenvalue weighted by molar-refractivity contribution is 0.595. The molecule has 0 aromatic heterocycles. The Kier molecular flexibility index (Phi) is 3.92. The number of halogens is 1. The molecule has 0 fully saturated rings. The van der Waals surface area contributed by atoms with Crippen molar-refractivity contribution in [1.82, 2.24) is 0 Å². The van der Waals surface area contributed by atoms with Crippen LogP contribution in [0, 0.1) is 0 Å². The molecule has 78 valence electrons. The average molecular weight is 234 g/mol. The quantitative estimate of drug-likeness (QED) is 0.858. The minimum Gasteiger partial charge on any atom is -0.229 e. The fourth-order valence-electron chi connectivity index (χ4n) is 1.16. The van der Waals surface area contributed by atoms with Crippen molar-refractivity contribution in [2.75, 3.05) is 5.75 Å². The van der Waals surface area contributed by atoms with Gasteiger partial charge >= 0.3 is 0 Å². The first-order chi connectivity index (χ1) is 6.49. The topological polar surface area (TPSA) is 60.2 Å². The van der Waals surface area contributed by atoms with Crippen molar-refractivity contribution >= 4 is 21.6 Å². The van der Waals surface area contributed by atoms with Gasteiger partial charge in [0, 0.05) is 5.02 Å². The van der Waals surface area contributed by atoms with Crippen LogP contribution in [-0.4, -0.2) is 14.2 Å². The summed E-state index contributed by atoms with van der Waals surface area (Å²) in [6, 6.07) is 7.38. The van der Waals surface area contributed by atoms with Crippen molar-refractivity contribution in [3.8, 4) is 0 Å². The summed E-state index contributed by atoms with van der Waals surface area (Å²) in [5.74, 6) is -0.00176. The van der Waals surface area contributed by atoms with E-state index in [1.54, 1.807) is 6.07 Å². The zero-order valence-electron chi connectivity index (χ0n) is 7.61. The van der Waals surface area contributed by atoms with Gasteiger partial charge in [-0.05, 0) is 24.5 Å². The predicted octanol–water partition coefficient (Wildman–Crippen LogP) is 1.56. The summed E-state index contributed by atoms with van der Waals surface area (Å²) >= 11 is 5.89. The number of aryl methyl sites for hydroxylation is 1. The summed E-state index contributed by atoms with van der Waals surface area (Å²) in [5.41, 5.74) is 0.956. The molecule has 0 amide bonds. The maximum Gasteiger partial charge on any atom is 0.209 e. The molecular formula is C9H12ClNO2S. The first-order valence-electron chi connectivity index (χ1n) is 4.23. The molecule has 0 radical (unpaired) electrons. The molecule has 0 aliphatic heterocycles. The number of sulfonamides is 1. The molecule has 1 aromatic rings. The van der Waals surface area contributed by atoms with E-state index in [1.165, 1.54) is 0 Å². The van der Waals surface area contributed by atoms with Crippen molar-refractivity contribution in [2.45, 2.75) is 12.8 Å². The van der Waals surface area contributed by atoms with Crippen molar-refractivity contribution in [1.29, 1.82) is 0 Å². The van der Waals surface area contributed by atoms with Gasteiger partial charge in [0.2, 0.25) is 10.0 Å². The van der Waals surface area contributed by atoms with Crippen LogP contribution in [0.3, 0.4) is 0 Å². The molecule has 0 spiro atoms. The summed E-state index contributed by atoms with van der Waals surface area (Å²) in [7, 11) is -3.35. The summed E-state index contributed by atoms with van der Waals surface area (Å²) in [5, 5.41) is 5.55. The van der Waals surface area contributed by atoms with Gasteiger partial charge in [-0.25, -0.2) is 13.6 Å². The Hall–Kier alpha value is -0.580. The van der Waals surface area contributed by atoms with Gasteiger partial charge < -0.3 is 0 Å². The maximum atomic E-state index is 10.7. The minimum absolute atomic E-state index is 0.00176. The van der Waals surface area contributed by atoms with Gasteiger partial charge in [-0.15, -0.1) is 0 Å². The molecule has 0 aliphatic carbocycles. The first-order valence-corrected chi connectivity index (χ1v) is 6.32. The van der Waals surface area contributed by atoms with Gasteiger partial charge in [-0.1, -0.05) is 29.8 Å². The van der Waals surface area contributed by atoms with Crippen molar-refractivity contribution < 1.29 is 8.42 Å². The maximum absolute atomic E-state index is 10.7. The fraction of sp³-hybridized carbons (Fsp3) is 0.333. The van der Waals surface area contributed by atoms with Crippen molar-refractivity contribution in [2.24, 2.45) is 5.14 Å². The molecular weight excluding hydrogens is 222 g/mol. The van der Waals surface area contributed by atoms with E-state index in [0.717, 1.165) is 5.56 Å². The number of rotatable bonds is 4. The predicted molar refractivity (Wildman–Crippen MR) is 57.7 cm³/mol. The highest BCUT2D eigenvalue weighted by atomic mass is 35.5. The number of primary sulfonamides is 1. The van der Waals surface area contributed by atoms with Crippen LogP contribution >= 0.6 is 11.6 Å². The summed E-state index contributed by atoms with van der Waals surface area (Å²) in [6.45, 7) is 0. The Morgan fingerprint density at radius 2 is 1.93 bits per heavy atom. The third kappa shape index (κ3) is 4.09. The van der Waals surface area contributed by atoms with E-state index in [9.17, 15) is 8.42 Å². The van der Waals surface area contributed by atoms with Crippen molar-refractivity contribution in [3.05, 3.63) is 34.9 Å². The number of hydrogen-bond acceptors (Lipinski definition) is 2. The van der Waals surface area contributed by atoms with Gasteiger partial charge in [0.25, 0.3) is 0 Å². The zero-order valence-corrected chi connectivity index (χ0v) is 9.18. The number of hydrogen-bond donors (Lipinski definition) is 1. The Bertz CT molecular complexity index is 403. The van der Waals surface area contributed by atoms with Crippen LogP contribution in [0.5, 0.6) is 0 Å². The molecule has 1 rings (SSSR count). The normalized spacial score (nSPS) is 11.6. The molecule has 2 N–H and O–H groups in total. The molecule has 14 heavy (non-hydrogen) atoms. The lowest BCUT2D eigenvalue weighted by Crippen LogP contribution is -2.16. The highest BCUT2D eigenvalue weighted by Gasteiger charge is 2.04. The van der Waals surface area contributed by atoms with Crippen LogP contribution in [0.2, 0.25) is 5.02 Å². The SMILES string of the molecule is NS(=O)(=O)CCCc1ccccc1Cl. The smallest absolute Gasteiger partial charge is 0.209 e. The second-order valence-electron chi connectivity index (χ2n) is 3.06. The average Bonchev–Trinajstić information content (AvgIpc) is 2.06. The molecule has 0 bridgehead atoms. The van der Waals surface area contributed by atoms with Gasteiger partial charge in [0.1, 0.15) is 0 Å². The third-order valence-electron chi connectivity index (χ3n) is 1.83. The highest BCUT2D eigenvalue weighted by Crippen LogP contribution is 2.16.